The summed E-state index contributed by atoms with van der Waals surface area (Å²) >= 11 is 0. The lowest BCUT2D eigenvalue weighted by atomic mass is 9.91. The number of hydrogen-bond donors (Lipinski definition) is 7. The molecule has 3 amide bonds. The average Bonchev–Trinajstić information content (AvgIpc) is 2.62. The third kappa shape index (κ3) is 1.99. The molecule has 1 aromatic carbocycles. The van der Waals surface area contributed by atoms with Crippen molar-refractivity contribution in [2.24, 2.45) is 0 Å². The highest BCUT2D eigenvalue weighted by atomic mass is 19.1. The Kier molecular flexibility index (Phi) is 3.24. The van der Waals surface area contributed by atoms with Crippen LogP contribution in [0, 0.1) is 5.82 Å². The Bertz CT molecular complexity index is 839. The van der Waals surface area contributed by atoms with E-state index in [0.29, 0.717) is 12.1 Å². The summed E-state index contributed by atoms with van der Waals surface area (Å²) in [7, 11) is 0. The minimum atomic E-state index is -3.69. The number of fused-ring (bicyclic) bond motifs is 1. The van der Waals surface area contributed by atoms with Gasteiger partial charge in [-0.15, -0.1) is 0 Å². The van der Waals surface area contributed by atoms with Gasteiger partial charge in [0.05, 0.1) is 17.5 Å². The zero-order valence-corrected chi connectivity index (χ0v) is 12.2. The Balaban J connectivity index is 2.25. The summed E-state index contributed by atoms with van der Waals surface area (Å²) in [6.07, 6.45) is -1.27. The van der Waals surface area contributed by atoms with Crippen molar-refractivity contribution in [2.75, 3.05) is 5.73 Å². The van der Waals surface area contributed by atoms with E-state index in [2.05, 4.69) is 0 Å². The van der Waals surface area contributed by atoms with Crippen LogP contribution in [0.5, 0.6) is 0 Å². The van der Waals surface area contributed by atoms with Crippen molar-refractivity contribution in [1.29, 1.82) is 0 Å². The summed E-state index contributed by atoms with van der Waals surface area (Å²) in [5, 5.41) is 52.5. The van der Waals surface area contributed by atoms with Gasteiger partial charge >= 0.3 is 0 Å². The van der Waals surface area contributed by atoms with Crippen molar-refractivity contribution < 1.29 is 44.3 Å². The number of aliphatic hydroxyl groups is 5. The molecule has 0 radical (unpaired) electrons. The highest BCUT2D eigenvalue weighted by Gasteiger charge is 2.71. The molecule has 0 unspecified atom stereocenters. The quantitative estimate of drug-likeness (QED) is 0.151. The summed E-state index contributed by atoms with van der Waals surface area (Å²) < 4.78 is 13.5. The molecule has 8 N–H and O–H groups in total. The summed E-state index contributed by atoms with van der Waals surface area (Å²) in [4.78, 5) is 35.4. The molecule has 0 spiro atoms. The van der Waals surface area contributed by atoms with Gasteiger partial charge in [-0.1, -0.05) is 0 Å². The Labute approximate surface area is 137 Å². The second-order valence-corrected chi connectivity index (χ2v) is 5.74. The largest absolute Gasteiger partial charge is 0.398 e. The smallest absolute Gasteiger partial charge is 0.286 e. The molecule has 1 fully saturated rings. The first-order chi connectivity index (χ1) is 11.3. The normalized spacial score (nSPS) is 27.3. The van der Waals surface area contributed by atoms with Crippen LogP contribution in [0.25, 0.3) is 0 Å². The van der Waals surface area contributed by atoms with Gasteiger partial charge in [-0.05, 0) is 12.1 Å². The summed E-state index contributed by atoms with van der Waals surface area (Å²) in [5.41, 5.74) is -0.321. The van der Waals surface area contributed by atoms with Crippen LogP contribution in [-0.4, -0.2) is 59.7 Å². The number of carbonyl (C=O) groups is 3. The zero-order chi connectivity index (χ0) is 18.9. The molecule has 1 saturated heterocycles. The summed E-state index contributed by atoms with van der Waals surface area (Å²) in [6, 6.07) is 1.21. The van der Waals surface area contributed by atoms with E-state index in [1.165, 1.54) is 0 Å². The second-order valence-electron chi connectivity index (χ2n) is 5.74. The standard InChI is InChI=1S/C13H12FN3O8/c14-4-1-5-8(6(15)2-4)13(24,25)17(9(5)19)12(23)10(20)16-7(18)3-11(12,21)22/h1-2,21-25H,3,15H2,(H,16,18,20)/t12-/m0/s1. The SMILES string of the molecule is Nc1cc(F)cc2c1C(O)(O)N([C@]1(O)C(=O)NC(=O)CC1(O)O)C2=O. The molecule has 3 rings (SSSR count). The van der Waals surface area contributed by atoms with E-state index in [4.69, 9.17) is 5.73 Å². The van der Waals surface area contributed by atoms with E-state index in [1.807, 2.05) is 0 Å². The van der Waals surface area contributed by atoms with Gasteiger partial charge in [-0.25, -0.2) is 9.29 Å². The average molecular weight is 357 g/mol. The van der Waals surface area contributed by atoms with Crippen LogP contribution in [0.3, 0.4) is 0 Å². The minimum Gasteiger partial charge on any atom is -0.398 e. The highest BCUT2D eigenvalue weighted by Crippen LogP contribution is 2.46. The van der Waals surface area contributed by atoms with Gasteiger partial charge in [0.15, 0.2) is 0 Å². The summed E-state index contributed by atoms with van der Waals surface area (Å²) in [6.45, 7) is 0. The van der Waals surface area contributed by atoms with Crippen LogP contribution in [0.1, 0.15) is 22.3 Å². The van der Waals surface area contributed by atoms with Crippen LogP contribution in [0.4, 0.5) is 10.1 Å². The van der Waals surface area contributed by atoms with Crippen molar-refractivity contribution in [1.82, 2.24) is 10.2 Å². The van der Waals surface area contributed by atoms with Crippen molar-refractivity contribution in [2.45, 2.75) is 23.8 Å². The molecule has 0 aromatic heterocycles. The number of halogens is 1. The van der Waals surface area contributed by atoms with Gasteiger partial charge in [0, 0.05) is 5.69 Å². The van der Waals surface area contributed by atoms with Gasteiger partial charge in [0.1, 0.15) is 5.82 Å². The number of benzene rings is 1. The topological polar surface area (TPSA) is 194 Å². The predicted molar refractivity (Wildman–Crippen MR) is 73.0 cm³/mol. The summed E-state index contributed by atoms with van der Waals surface area (Å²) in [5.74, 6) is -12.7. The van der Waals surface area contributed by atoms with E-state index in [1.54, 1.807) is 5.32 Å². The van der Waals surface area contributed by atoms with Crippen molar-refractivity contribution in [3.63, 3.8) is 0 Å². The molecule has 11 nitrogen and oxygen atoms in total. The van der Waals surface area contributed by atoms with E-state index >= 15 is 0 Å². The second kappa shape index (κ2) is 4.71. The van der Waals surface area contributed by atoms with Gasteiger partial charge in [-0.3, -0.25) is 19.7 Å². The first-order valence-electron chi connectivity index (χ1n) is 6.74. The van der Waals surface area contributed by atoms with Crippen LogP contribution in [0.2, 0.25) is 0 Å². The lowest BCUT2D eigenvalue weighted by molar-refractivity contribution is -0.370. The highest BCUT2D eigenvalue weighted by molar-refractivity contribution is 6.08. The number of anilines is 1. The number of carbonyl (C=O) groups excluding carboxylic acids is 3. The third-order valence-electron chi connectivity index (χ3n) is 4.07. The fraction of sp³-hybridized carbons (Fsp3) is 0.308. The lowest BCUT2D eigenvalue weighted by Gasteiger charge is -2.48. The Morgan fingerprint density at radius 1 is 1.12 bits per heavy atom. The number of amides is 3. The van der Waals surface area contributed by atoms with Gasteiger partial charge in [0.25, 0.3) is 23.5 Å². The van der Waals surface area contributed by atoms with E-state index in [0.717, 1.165) is 0 Å². The maximum Gasteiger partial charge on any atom is 0.286 e. The van der Waals surface area contributed by atoms with Crippen LogP contribution < -0.4 is 11.1 Å². The zero-order valence-electron chi connectivity index (χ0n) is 12.2. The number of nitrogens with one attached hydrogen (secondary N) is 1. The lowest BCUT2D eigenvalue weighted by Crippen LogP contribution is -2.78. The van der Waals surface area contributed by atoms with Crippen LogP contribution in [-0.2, 0) is 15.5 Å². The van der Waals surface area contributed by atoms with Gasteiger partial charge < -0.3 is 31.3 Å². The first-order valence-corrected chi connectivity index (χ1v) is 6.74. The predicted octanol–water partition coefficient (Wildman–Crippen LogP) is -3.63. The fourth-order valence-corrected chi connectivity index (χ4v) is 2.98. The Hall–Kier alpha value is -2.64. The number of nitrogens with zero attached hydrogens (tertiary/aromatic N) is 1. The van der Waals surface area contributed by atoms with E-state index < -0.39 is 64.2 Å². The van der Waals surface area contributed by atoms with Crippen molar-refractivity contribution in [3.05, 3.63) is 29.1 Å². The first kappa shape index (κ1) is 17.2. The van der Waals surface area contributed by atoms with E-state index in [-0.39, 0.29) is 4.90 Å². The molecule has 2 aliphatic rings. The molecule has 0 saturated carbocycles. The maximum absolute atomic E-state index is 13.5. The van der Waals surface area contributed by atoms with Gasteiger partial charge in [0.2, 0.25) is 11.7 Å². The number of nitrogens with two attached hydrogens (primary N) is 1. The van der Waals surface area contributed by atoms with Crippen molar-refractivity contribution >= 4 is 23.4 Å². The molecule has 1 atom stereocenters. The number of piperidine rings is 1. The fourth-order valence-electron chi connectivity index (χ4n) is 2.98. The van der Waals surface area contributed by atoms with Crippen LogP contribution in [0.15, 0.2) is 12.1 Å². The third-order valence-corrected chi connectivity index (χ3v) is 4.07. The Morgan fingerprint density at radius 3 is 2.28 bits per heavy atom. The molecule has 0 bridgehead atoms. The molecule has 2 aliphatic heterocycles. The molecular formula is C13H12FN3O8. The molecular weight excluding hydrogens is 345 g/mol. The molecule has 134 valence electrons. The minimum absolute atomic E-state index is 0.387. The monoisotopic (exact) mass is 357 g/mol. The van der Waals surface area contributed by atoms with Crippen molar-refractivity contribution in [3.8, 4) is 0 Å². The van der Waals surface area contributed by atoms with Gasteiger partial charge in [-0.2, -0.15) is 0 Å². The van der Waals surface area contributed by atoms with Crippen LogP contribution >= 0.6 is 0 Å². The molecule has 25 heavy (non-hydrogen) atoms. The number of hydrogen-bond acceptors (Lipinski definition) is 9. The molecule has 1 aromatic rings. The molecule has 0 aliphatic carbocycles. The number of rotatable bonds is 1. The Morgan fingerprint density at radius 2 is 1.72 bits per heavy atom. The number of nitrogen functional groups attached to an aromatic ring is 1. The molecule has 2 heterocycles. The molecule has 12 heteroatoms. The number of imide groups is 1. The van der Waals surface area contributed by atoms with E-state index in [9.17, 15) is 44.3 Å². The maximum atomic E-state index is 13.5.